The first-order valence-corrected chi connectivity index (χ1v) is 7.25. The van der Waals surface area contributed by atoms with E-state index in [1.54, 1.807) is 6.07 Å². The van der Waals surface area contributed by atoms with Gasteiger partial charge in [0.15, 0.2) is 4.77 Å². The number of H-pyrrole nitrogens is 1. The van der Waals surface area contributed by atoms with Gasteiger partial charge in [0.1, 0.15) is 5.82 Å². The van der Waals surface area contributed by atoms with E-state index in [2.05, 4.69) is 41.7 Å². The van der Waals surface area contributed by atoms with E-state index in [1.807, 2.05) is 4.57 Å². The first kappa shape index (κ1) is 13.7. The molecule has 2 rings (SSSR count). The smallest absolute Gasteiger partial charge is 0.178 e. The lowest BCUT2D eigenvalue weighted by molar-refractivity contribution is 0.374. The van der Waals surface area contributed by atoms with Crippen LogP contribution in [0.3, 0.4) is 0 Å². The third-order valence-corrected chi connectivity index (χ3v) is 4.54. The van der Waals surface area contributed by atoms with E-state index in [4.69, 9.17) is 12.2 Å². The van der Waals surface area contributed by atoms with Crippen molar-refractivity contribution in [3.05, 3.63) is 27.2 Å². The molecule has 1 aromatic carbocycles. The van der Waals surface area contributed by atoms with Gasteiger partial charge in [-0.15, -0.1) is 0 Å². The molecular weight excluding hydrogens is 315 g/mol. The third-order valence-electron chi connectivity index (χ3n) is 3.63. The lowest BCUT2D eigenvalue weighted by Gasteiger charge is -2.20. The Labute approximate surface area is 119 Å². The number of aromatic nitrogens is 2. The molecule has 0 radical (unpaired) electrons. The molecule has 2 atom stereocenters. The first-order valence-electron chi connectivity index (χ1n) is 6.05. The predicted octanol–water partition coefficient (Wildman–Crippen LogP) is 5.21. The number of aromatic amines is 1. The number of hydrogen-bond acceptors (Lipinski definition) is 1. The Kier molecular flexibility index (Phi) is 3.92. The average molecular weight is 331 g/mol. The SMILES string of the molecule is CCC(C)C(C)n1c(=S)[nH]c2cc(Br)c(F)cc21. The molecule has 2 nitrogen and oxygen atoms in total. The van der Waals surface area contributed by atoms with Crippen LogP contribution in [0.2, 0.25) is 0 Å². The largest absolute Gasteiger partial charge is 0.331 e. The highest BCUT2D eigenvalue weighted by atomic mass is 79.9. The van der Waals surface area contributed by atoms with Crippen molar-refractivity contribution >= 4 is 39.2 Å². The molecule has 0 aliphatic heterocycles. The van der Waals surface area contributed by atoms with Crippen LogP contribution in [0.1, 0.15) is 33.2 Å². The number of nitrogens with one attached hydrogen (secondary N) is 1. The van der Waals surface area contributed by atoms with Crippen molar-refractivity contribution in [2.24, 2.45) is 5.92 Å². The van der Waals surface area contributed by atoms with Gasteiger partial charge in [-0.2, -0.15) is 0 Å². The van der Waals surface area contributed by atoms with Crippen molar-refractivity contribution < 1.29 is 4.39 Å². The molecule has 0 aliphatic carbocycles. The molecule has 1 heterocycles. The molecule has 0 aliphatic rings. The van der Waals surface area contributed by atoms with Crippen molar-refractivity contribution in [3.63, 3.8) is 0 Å². The predicted molar refractivity (Wildman–Crippen MR) is 78.9 cm³/mol. The van der Waals surface area contributed by atoms with E-state index < -0.39 is 0 Å². The Morgan fingerprint density at radius 1 is 1.44 bits per heavy atom. The quantitative estimate of drug-likeness (QED) is 0.766. The van der Waals surface area contributed by atoms with Crippen LogP contribution in [0.25, 0.3) is 11.0 Å². The van der Waals surface area contributed by atoms with Gasteiger partial charge >= 0.3 is 0 Å². The Balaban J connectivity index is 2.67. The van der Waals surface area contributed by atoms with Crippen LogP contribution in [0.5, 0.6) is 0 Å². The summed E-state index contributed by atoms with van der Waals surface area (Å²) in [5.41, 5.74) is 1.69. The van der Waals surface area contributed by atoms with Crippen molar-refractivity contribution in [3.8, 4) is 0 Å². The molecule has 0 fully saturated rings. The lowest BCUT2D eigenvalue weighted by atomic mass is 10.0. The highest BCUT2D eigenvalue weighted by Gasteiger charge is 2.17. The number of imidazole rings is 1. The highest BCUT2D eigenvalue weighted by Crippen LogP contribution is 2.29. The maximum absolute atomic E-state index is 13.7. The summed E-state index contributed by atoms with van der Waals surface area (Å²) in [5.74, 6) is 0.226. The summed E-state index contributed by atoms with van der Waals surface area (Å²) >= 11 is 8.54. The Morgan fingerprint density at radius 2 is 2.11 bits per heavy atom. The van der Waals surface area contributed by atoms with E-state index in [1.165, 1.54) is 6.07 Å². The minimum Gasteiger partial charge on any atom is -0.331 e. The zero-order chi connectivity index (χ0) is 13.4. The number of nitrogens with zero attached hydrogens (tertiary/aromatic N) is 1. The van der Waals surface area contributed by atoms with Gasteiger partial charge in [-0.25, -0.2) is 4.39 Å². The molecule has 0 spiro atoms. The number of hydrogen-bond donors (Lipinski definition) is 1. The molecule has 0 amide bonds. The van der Waals surface area contributed by atoms with E-state index in [-0.39, 0.29) is 11.9 Å². The molecule has 18 heavy (non-hydrogen) atoms. The lowest BCUT2D eigenvalue weighted by Crippen LogP contribution is -2.13. The molecule has 2 unspecified atom stereocenters. The molecule has 2 aromatic rings. The molecule has 1 aromatic heterocycles. The fraction of sp³-hybridized carbons (Fsp3) is 0.462. The molecule has 0 saturated carbocycles. The van der Waals surface area contributed by atoms with Crippen LogP contribution in [0.15, 0.2) is 16.6 Å². The minimum atomic E-state index is -0.262. The van der Waals surface area contributed by atoms with Gasteiger partial charge in [-0.3, -0.25) is 0 Å². The second-order valence-electron chi connectivity index (χ2n) is 4.71. The summed E-state index contributed by atoms with van der Waals surface area (Å²) in [5, 5.41) is 0. The fourth-order valence-electron chi connectivity index (χ4n) is 2.12. The summed E-state index contributed by atoms with van der Waals surface area (Å²) in [6, 6.07) is 3.52. The second kappa shape index (κ2) is 5.13. The fourth-order valence-corrected chi connectivity index (χ4v) is 2.84. The van der Waals surface area contributed by atoms with Crippen LogP contribution in [-0.4, -0.2) is 9.55 Å². The summed E-state index contributed by atoms with van der Waals surface area (Å²) < 4.78 is 16.8. The summed E-state index contributed by atoms with van der Waals surface area (Å²) in [7, 11) is 0. The number of rotatable bonds is 3. The van der Waals surface area contributed by atoms with Crippen LogP contribution < -0.4 is 0 Å². The number of fused-ring (bicyclic) bond motifs is 1. The zero-order valence-corrected chi connectivity index (χ0v) is 13.0. The zero-order valence-electron chi connectivity index (χ0n) is 10.6. The monoisotopic (exact) mass is 330 g/mol. The van der Waals surface area contributed by atoms with Crippen molar-refractivity contribution in [2.45, 2.75) is 33.2 Å². The summed E-state index contributed by atoms with van der Waals surface area (Å²) in [6.45, 7) is 6.45. The van der Waals surface area contributed by atoms with Crippen molar-refractivity contribution in [1.82, 2.24) is 9.55 Å². The minimum absolute atomic E-state index is 0.247. The Morgan fingerprint density at radius 3 is 2.72 bits per heavy atom. The van der Waals surface area contributed by atoms with Crippen molar-refractivity contribution in [2.75, 3.05) is 0 Å². The van der Waals surface area contributed by atoms with E-state index >= 15 is 0 Å². The molecule has 1 N–H and O–H groups in total. The van der Waals surface area contributed by atoms with Gasteiger partial charge < -0.3 is 9.55 Å². The normalized spacial score (nSPS) is 14.9. The van der Waals surface area contributed by atoms with Gasteiger partial charge in [0.05, 0.1) is 15.5 Å². The highest BCUT2D eigenvalue weighted by molar-refractivity contribution is 9.10. The van der Waals surface area contributed by atoms with E-state index in [9.17, 15) is 4.39 Å². The van der Waals surface area contributed by atoms with Gasteiger partial charge in [-0.05, 0) is 47.1 Å². The van der Waals surface area contributed by atoms with Gasteiger partial charge in [0, 0.05) is 12.1 Å². The van der Waals surface area contributed by atoms with Crippen LogP contribution in [-0.2, 0) is 0 Å². The maximum atomic E-state index is 13.7. The average Bonchev–Trinajstić information content (AvgIpc) is 2.63. The Hall–Kier alpha value is -0.680. The summed E-state index contributed by atoms with van der Waals surface area (Å²) in [6.07, 6.45) is 1.06. The second-order valence-corrected chi connectivity index (χ2v) is 5.95. The number of benzene rings is 1. The molecule has 0 saturated heterocycles. The number of halogens is 2. The maximum Gasteiger partial charge on any atom is 0.178 e. The molecule has 98 valence electrons. The van der Waals surface area contributed by atoms with E-state index in [0.717, 1.165) is 17.5 Å². The standard InChI is InChI=1S/C13H16BrFN2S/c1-4-7(2)8(3)17-12-6-10(15)9(14)5-11(12)16-13(17)18/h5-8H,4H2,1-3H3,(H,16,18). The van der Waals surface area contributed by atoms with Gasteiger partial charge in [0.25, 0.3) is 0 Å². The van der Waals surface area contributed by atoms with Crippen LogP contribution >= 0.6 is 28.1 Å². The molecule has 0 bridgehead atoms. The van der Waals surface area contributed by atoms with Crippen LogP contribution in [0.4, 0.5) is 4.39 Å². The van der Waals surface area contributed by atoms with Crippen LogP contribution in [0, 0.1) is 16.5 Å². The van der Waals surface area contributed by atoms with Gasteiger partial charge in [-0.1, -0.05) is 20.3 Å². The Bertz CT molecular complexity index is 632. The third kappa shape index (κ3) is 2.26. The molecule has 5 heteroatoms. The van der Waals surface area contributed by atoms with E-state index in [0.29, 0.717) is 15.2 Å². The topological polar surface area (TPSA) is 20.7 Å². The summed E-state index contributed by atoms with van der Waals surface area (Å²) in [4.78, 5) is 3.14. The first-order chi connectivity index (χ1) is 8.45. The molecular formula is C13H16BrFN2S. The van der Waals surface area contributed by atoms with Gasteiger partial charge in [0.2, 0.25) is 0 Å². The van der Waals surface area contributed by atoms with Crippen molar-refractivity contribution in [1.29, 1.82) is 0 Å².